The second-order valence-corrected chi connectivity index (χ2v) is 2.42. The normalized spacial score (nSPS) is 25.5. The molecule has 0 saturated carbocycles. The van der Waals surface area contributed by atoms with E-state index in [9.17, 15) is 0 Å². The van der Waals surface area contributed by atoms with Crippen LogP contribution in [0, 0.1) is 0 Å². The third kappa shape index (κ3) is 3.40. The zero-order valence-electron chi connectivity index (χ0n) is 6.43. The van der Waals surface area contributed by atoms with E-state index in [1.165, 1.54) is 19.4 Å². The van der Waals surface area contributed by atoms with Crippen LogP contribution < -0.4 is 5.32 Å². The van der Waals surface area contributed by atoms with Crippen molar-refractivity contribution >= 4 is 12.4 Å². The lowest BCUT2D eigenvalue weighted by atomic mass is 10.1. The Morgan fingerprint density at radius 2 is 2.40 bits per heavy atom. The van der Waals surface area contributed by atoms with Crippen LogP contribution in [0.2, 0.25) is 0 Å². The average Bonchev–Trinajstić information content (AvgIpc) is 1.91. The molecule has 1 N–H and O–H groups in total. The number of piperidine rings is 1. The van der Waals surface area contributed by atoms with E-state index in [0.29, 0.717) is 6.10 Å². The van der Waals surface area contributed by atoms with Gasteiger partial charge in [-0.1, -0.05) is 0 Å². The quantitative estimate of drug-likeness (QED) is 0.664. The minimum Gasteiger partial charge on any atom is -0.377 e. The molecule has 10 heavy (non-hydrogen) atoms. The van der Waals surface area contributed by atoms with Crippen molar-refractivity contribution < 1.29 is 4.74 Å². The number of hydrogen-bond donors (Lipinski definition) is 1. The van der Waals surface area contributed by atoms with Crippen LogP contribution in [-0.4, -0.2) is 25.8 Å². The molecule has 1 aliphatic rings. The van der Waals surface area contributed by atoms with Crippen molar-refractivity contribution in [1.82, 2.24) is 5.32 Å². The van der Waals surface area contributed by atoms with Gasteiger partial charge in [-0.3, -0.25) is 0 Å². The highest BCUT2D eigenvalue weighted by Crippen LogP contribution is 2.04. The third-order valence-corrected chi connectivity index (χ3v) is 1.65. The summed E-state index contributed by atoms with van der Waals surface area (Å²) in [5, 5.41) is 3.29. The van der Waals surface area contributed by atoms with Gasteiger partial charge in [-0.15, -0.1) is 12.4 Å². The average molecular weight is 166 g/mol. The summed E-state index contributed by atoms with van der Waals surface area (Å²) in [6, 6.07) is 0. The summed E-state index contributed by atoms with van der Waals surface area (Å²) in [6.07, 6.45) is 3.00. The Labute approximate surface area is 68.7 Å². The highest BCUT2D eigenvalue weighted by molar-refractivity contribution is 5.85. The van der Waals surface area contributed by atoms with Crippen LogP contribution in [0.5, 0.6) is 0 Å². The molecular weight excluding hydrogens is 150 g/mol. The van der Waals surface area contributed by atoms with E-state index in [1.807, 2.05) is 0 Å². The smallest absolute Gasteiger partial charge is 0.0699 e. The molecule has 0 radical (unpaired) electrons. The lowest BCUT2D eigenvalue weighted by Gasteiger charge is -2.22. The molecule has 1 atom stereocenters. The minimum absolute atomic E-state index is 0. The molecule has 1 heterocycles. The van der Waals surface area contributed by atoms with Crippen molar-refractivity contribution in [3.63, 3.8) is 0 Å². The molecule has 2 nitrogen and oxygen atoms in total. The van der Waals surface area contributed by atoms with Crippen LogP contribution in [0.25, 0.3) is 0 Å². The second kappa shape index (κ2) is 5.96. The summed E-state index contributed by atoms with van der Waals surface area (Å²) >= 11 is 0. The number of hydrogen-bond acceptors (Lipinski definition) is 2. The zero-order chi connectivity index (χ0) is 6.53. The molecule has 0 bridgehead atoms. The monoisotopic (exact) mass is 165 g/mol. The van der Waals surface area contributed by atoms with Gasteiger partial charge in [0.25, 0.3) is 0 Å². The lowest BCUT2D eigenvalue weighted by Crippen LogP contribution is -2.35. The van der Waals surface area contributed by atoms with E-state index >= 15 is 0 Å². The molecule has 62 valence electrons. The van der Waals surface area contributed by atoms with Gasteiger partial charge in [0, 0.05) is 13.2 Å². The van der Waals surface area contributed by atoms with E-state index in [-0.39, 0.29) is 12.4 Å². The third-order valence-electron chi connectivity index (χ3n) is 1.65. The summed E-state index contributed by atoms with van der Waals surface area (Å²) in [6.45, 7) is 5.12. The topological polar surface area (TPSA) is 21.3 Å². The largest absolute Gasteiger partial charge is 0.377 e. The SMILES string of the molecule is CCOC1CCCNC1.Cl. The van der Waals surface area contributed by atoms with Crippen molar-refractivity contribution in [1.29, 1.82) is 0 Å². The lowest BCUT2D eigenvalue weighted by molar-refractivity contribution is 0.0457. The number of ether oxygens (including phenoxy) is 1. The zero-order valence-corrected chi connectivity index (χ0v) is 7.25. The Kier molecular flexibility index (Phi) is 6.08. The molecule has 1 aliphatic heterocycles. The number of halogens is 1. The summed E-state index contributed by atoms with van der Waals surface area (Å²) in [5.74, 6) is 0. The van der Waals surface area contributed by atoms with Crippen LogP contribution in [0.15, 0.2) is 0 Å². The summed E-state index contributed by atoms with van der Waals surface area (Å²) in [5.41, 5.74) is 0. The number of nitrogens with one attached hydrogen (secondary N) is 1. The van der Waals surface area contributed by atoms with Gasteiger partial charge in [0.2, 0.25) is 0 Å². The molecule has 0 aromatic carbocycles. The maximum atomic E-state index is 5.42. The van der Waals surface area contributed by atoms with Crippen molar-refractivity contribution in [2.24, 2.45) is 0 Å². The van der Waals surface area contributed by atoms with E-state index < -0.39 is 0 Å². The van der Waals surface area contributed by atoms with E-state index in [1.54, 1.807) is 0 Å². The summed E-state index contributed by atoms with van der Waals surface area (Å²) in [4.78, 5) is 0. The molecule has 0 spiro atoms. The van der Waals surface area contributed by atoms with Crippen LogP contribution in [0.3, 0.4) is 0 Å². The van der Waals surface area contributed by atoms with Gasteiger partial charge >= 0.3 is 0 Å². The molecule has 1 unspecified atom stereocenters. The van der Waals surface area contributed by atoms with E-state index in [0.717, 1.165) is 13.2 Å². The van der Waals surface area contributed by atoms with Gasteiger partial charge in [-0.25, -0.2) is 0 Å². The van der Waals surface area contributed by atoms with Gasteiger partial charge in [0.15, 0.2) is 0 Å². The predicted octanol–water partition coefficient (Wildman–Crippen LogP) is 1.20. The molecule has 0 amide bonds. The Bertz CT molecular complexity index is 71.3. The standard InChI is InChI=1S/C7H15NO.ClH/c1-2-9-7-4-3-5-8-6-7;/h7-8H,2-6H2,1H3;1H. The van der Waals surface area contributed by atoms with Crippen LogP contribution in [0.1, 0.15) is 19.8 Å². The minimum atomic E-state index is 0. The molecule has 3 heteroatoms. The van der Waals surface area contributed by atoms with Crippen LogP contribution in [-0.2, 0) is 4.74 Å². The second-order valence-electron chi connectivity index (χ2n) is 2.42. The molecular formula is C7H16ClNO. The predicted molar refractivity (Wildman–Crippen MR) is 44.8 cm³/mol. The summed E-state index contributed by atoms with van der Waals surface area (Å²) in [7, 11) is 0. The maximum Gasteiger partial charge on any atom is 0.0699 e. The fourth-order valence-corrected chi connectivity index (χ4v) is 1.20. The molecule has 1 fully saturated rings. The Morgan fingerprint density at radius 1 is 1.60 bits per heavy atom. The van der Waals surface area contributed by atoms with Gasteiger partial charge in [-0.2, -0.15) is 0 Å². The first-order chi connectivity index (χ1) is 4.43. The maximum absolute atomic E-state index is 5.42. The Balaban J connectivity index is 0.000000810. The first-order valence-electron chi connectivity index (χ1n) is 3.76. The molecule has 0 aliphatic carbocycles. The summed E-state index contributed by atoms with van der Waals surface area (Å²) < 4.78 is 5.42. The molecule has 0 aromatic rings. The molecule has 1 rings (SSSR count). The Morgan fingerprint density at radius 3 is 2.90 bits per heavy atom. The van der Waals surface area contributed by atoms with Gasteiger partial charge in [-0.05, 0) is 26.3 Å². The highest BCUT2D eigenvalue weighted by Gasteiger charge is 2.11. The van der Waals surface area contributed by atoms with Crippen molar-refractivity contribution in [2.75, 3.05) is 19.7 Å². The Hall–Kier alpha value is 0.210. The fraction of sp³-hybridized carbons (Fsp3) is 1.00. The van der Waals surface area contributed by atoms with E-state index in [4.69, 9.17) is 4.74 Å². The van der Waals surface area contributed by atoms with Gasteiger partial charge in [0.1, 0.15) is 0 Å². The fourth-order valence-electron chi connectivity index (χ4n) is 1.20. The molecule has 0 aromatic heterocycles. The first-order valence-corrected chi connectivity index (χ1v) is 3.76. The van der Waals surface area contributed by atoms with Crippen LogP contribution >= 0.6 is 12.4 Å². The van der Waals surface area contributed by atoms with Gasteiger partial charge in [0.05, 0.1) is 6.10 Å². The van der Waals surface area contributed by atoms with Crippen molar-refractivity contribution in [3.8, 4) is 0 Å². The molecule has 1 saturated heterocycles. The van der Waals surface area contributed by atoms with E-state index in [2.05, 4.69) is 12.2 Å². The van der Waals surface area contributed by atoms with Crippen LogP contribution in [0.4, 0.5) is 0 Å². The number of rotatable bonds is 2. The van der Waals surface area contributed by atoms with Gasteiger partial charge < -0.3 is 10.1 Å². The van der Waals surface area contributed by atoms with Crippen molar-refractivity contribution in [2.45, 2.75) is 25.9 Å². The highest BCUT2D eigenvalue weighted by atomic mass is 35.5. The first kappa shape index (κ1) is 10.2. The van der Waals surface area contributed by atoms with Crippen molar-refractivity contribution in [3.05, 3.63) is 0 Å².